The van der Waals surface area contributed by atoms with Gasteiger partial charge in [0.2, 0.25) is 0 Å². The fourth-order valence-corrected chi connectivity index (χ4v) is 2.72. The van der Waals surface area contributed by atoms with Gasteiger partial charge in [-0.3, -0.25) is 25.0 Å². The number of aryl methyl sites for hydroxylation is 1. The first kappa shape index (κ1) is 20.3. The van der Waals surface area contributed by atoms with Crippen molar-refractivity contribution in [1.29, 1.82) is 0 Å². The van der Waals surface area contributed by atoms with Crippen LogP contribution in [0, 0.1) is 34.1 Å². The molecule has 3 rings (SSSR count). The monoisotopic (exact) mass is 408 g/mol. The number of nitrogens with zero attached hydrogens (tertiary/aromatic N) is 4. The summed E-state index contributed by atoms with van der Waals surface area (Å²) < 4.78 is 0. The zero-order valence-corrected chi connectivity index (χ0v) is 15.9. The molecule has 0 saturated carbocycles. The first-order valence-electron chi connectivity index (χ1n) is 8.65. The lowest BCUT2D eigenvalue weighted by Gasteiger charge is -2.10. The summed E-state index contributed by atoms with van der Waals surface area (Å²) in [6, 6.07) is 10.3. The third-order valence-corrected chi connectivity index (χ3v) is 4.24. The highest BCUT2D eigenvalue weighted by Crippen LogP contribution is 2.28. The number of carbonyl (C=O) groups excluding carboxylic acids is 1. The van der Waals surface area contributed by atoms with Crippen LogP contribution in [0.4, 0.5) is 28.6 Å². The second-order valence-corrected chi connectivity index (χ2v) is 6.35. The first-order chi connectivity index (χ1) is 14.2. The quantitative estimate of drug-likeness (QED) is 0.460. The molecule has 2 aromatic carbocycles. The minimum atomic E-state index is -0.779. The van der Waals surface area contributed by atoms with Crippen LogP contribution in [-0.2, 0) is 0 Å². The number of aromatic nitrogens is 2. The minimum absolute atomic E-state index is 0.0421. The molecule has 0 aliphatic rings. The fraction of sp³-hybridized carbons (Fsp3) is 0.105. The number of benzene rings is 2. The smallest absolute Gasteiger partial charge is 0.279 e. The SMILES string of the molecule is Cc1cc(Nc2ccc(NC(=O)c3cc([N+](=O)[O-])cc([N+](=O)[O-])c3C)cc2)ncn1. The number of non-ortho nitro benzene ring substituents is 1. The van der Waals surface area contributed by atoms with Crippen molar-refractivity contribution >= 4 is 34.5 Å². The molecule has 3 aromatic rings. The lowest BCUT2D eigenvalue weighted by molar-refractivity contribution is -0.394. The molecular weight excluding hydrogens is 392 g/mol. The van der Waals surface area contributed by atoms with E-state index in [2.05, 4.69) is 20.6 Å². The van der Waals surface area contributed by atoms with E-state index in [1.807, 2.05) is 6.92 Å². The predicted octanol–water partition coefficient (Wildman–Crippen LogP) is 3.91. The Bertz CT molecular complexity index is 1150. The Labute approximate surface area is 170 Å². The van der Waals surface area contributed by atoms with Gasteiger partial charge in [0, 0.05) is 34.8 Å². The van der Waals surface area contributed by atoms with Crippen molar-refractivity contribution in [3.05, 3.63) is 85.8 Å². The Morgan fingerprint density at radius 3 is 2.20 bits per heavy atom. The van der Waals surface area contributed by atoms with Gasteiger partial charge in [-0.05, 0) is 38.1 Å². The van der Waals surface area contributed by atoms with E-state index in [0.717, 1.165) is 17.8 Å². The number of hydrogen-bond acceptors (Lipinski definition) is 8. The van der Waals surface area contributed by atoms with Gasteiger partial charge in [0.15, 0.2) is 0 Å². The van der Waals surface area contributed by atoms with E-state index in [-0.39, 0.29) is 11.1 Å². The highest BCUT2D eigenvalue weighted by atomic mass is 16.6. The zero-order chi connectivity index (χ0) is 21.8. The van der Waals surface area contributed by atoms with E-state index in [9.17, 15) is 25.0 Å². The van der Waals surface area contributed by atoms with Crippen molar-refractivity contribution in [3.63, 3.8) is 0 Å². The van der Waals surface area contributed by atoms with E-state index in [4.69, 9.17) is 0 Å². The lowest BCUT2D eigenvalue weighted by Crippen LogP contribution is -2.14. The third kappa shape index (κ3) is 4.52. The molecule has 11 heteroatoms. The largest absolute Gasteiger partial charge is 0.340 e. The van der Waals surface area contributed by atoms with E-state index >= 15 is 0 Å². The minimum Gasteiger partial charge on any atom is -0.340 e. The Hall–Kier alpha value is -4.41. The maximum atomic E-state index is 12.6. The van der Waals surface area contributed by atoms with E-state index < -0.39 is 27.1 Å². The number of nitrogens with one attached hydrogen (secondary N) is 2. The van der Waals surface area contributed by atoms with Gasteiger partial charge in [-0.15, -0.1) is 0 Å². The van der Waals surface area contributed by atoms with Gasteiger partial charge in [0.1, 0.15) is 12.1 Å². The van der Waals surface area contributed by atoms with Crippen molar-refractivity contribution in [2.75, 3.05) is 10.6 Å². The Balaban J connectivity index is 1.80. The Morgan fingerprint density at radius 2 is 1.60 bits per heavy atom. The molecule has 0 aliphatic carbocycles. The average Bonchev–Trinajstić information content (AvgIpc) is 2.69. The van der Waals surface area contributed by atoms with Crippen LogP contribution in [0.5, 0.6) is 0 Å². The van der Waals surface area contributed by atoms with Gasteiger partial charge >= 0.3 is 0 Å². The zero-order valence-electron chi connectivity index (χ0n) is 15.9. The predicted molar refractivity (Wildman–Crippen MR) is 109 cm³/mol. The van der Waals surface area contributed by atoms with Crippen LogP contribution in [0.1, 0.15) is 21.6 Å². The molecule has 0 bridgehead atoms. The molecule has 0 atom stereocenters. The Morgan fingerprint density at radius 1 is 0.933 bits per heavy atom. The van der Waals surface area contributed by atoms with Crippen LogP contribution in [0.2, 0.25) is 0 Å². The van der Waals surface area contributed by atoms with E-state index in [0.29, 0.717) is 17.2 Å². The van der Waals surface area contributed by atoms with Crippen LogP contribution < -0.4 is 10.6 Å². The van der Waals surface area contributed by atoms with E-state index in [1.54, 1.807) is 30.3 Å². The highest BCUT2D eigenvalue weighted by molar-refractivity contribution is 6.06. The van der Waals surface area contributed by atoms with E-state index in [1.165, 1.54) is 13.3 Å². The molecule has 1 heterocycles. The summed E-state index contributed by atoms with van der Waals surface area (Å²) in [6.45, 7) is 3.21. The molecule has 0 saturated heterocycles. The summed E-state index contributed by atoms with van der Waals surface area (Å²) in [5.41, 5.74) is 0.810. The third-order valence-electron chi connectivity index (χ3n) is 4.24. The standard InChI is InChI=1S/C19H16N6O5/c1-11-7-18(21-10-20-11)22-13-3-5-14(6-4-13)23-19(26)16-8-15(24(27)28)9-17(12(16)2)25(29)30/h3-10H,1-2H3,(H,23,26)(H,20,21,22). The Kier molecular flexibility index (Phi) is 5.63. The van der Waals surface area contributed by atoms with Crippen LogP contribution >= 0.6 is 0 Å². The molecule has 0 unspecified atom stereocenters. The topological polar surface area (TPSA) is 153 Å². The number of carbonyl (C=O) groups is 1. The average molecular weight is 408 g/mol. The summed E-state index contributed by atoms with van der Waals surface area (Å²) in [5.74, 6) is -0.0785. The summed E-state index contributed by atoms with van der Waals surface area (Å²) in [4.78, 5) is 41.4. The van der Waals surface area contributed by atoms with Crippen LogP contribution in [-0.4, -0.2) is 25.7 Å². The number of nitro benzene ring substituents is 2. The maximum Gasteiger partial charge on any atom is 0.279 e. The summed E-state index contributed by atoms with van der Waals surface area (Å²) >= 11 is 0. The van der Waals surface area contributed by atoms with Crippen molar-refractivity contribution < 1.29 is 14.6 Å². The summed E-state index contributed by atoms with van der Waals surface area (Å²) in [5, 5.41) is 27.9. The number of amides is 1. The normalized spacial score (nSPS) is 10.3. The molecule has 0 fully saturated rings. The first-order valence-corrected chi connectivity index (χ1v) is 8.65. The highest BCUT2D eigenvalue weighted by Gasteiger charge is 2.24. The molecule has 152 valence electrons. The number of rotatable bonds is 6. The van der Waals surface area contributed by atoms with Crippen molar-refractivity contribution in [2.45, 2.75) is 13.8 Å². The molecule has 2 N–H and O–H groups in total. The van der Waals surface area contributed by atoms with Crippen molar-refractivity contribution in [2.24, 2.45) is 0 Å². The molecule has 0 spiro atoms. The maximum absolute atomic E-state index is 12.6. The number of hydrogen-bond donors (Lipinski definition) is 2. The van der Waals surface area contributed by atoms with Gasteiger partial charge in [-0.2, -0.15) is 0 Å². The lowest BCUT2D eigenvalue weighted by atomic mass is 10.0. The second kappa shape index (κ2) is 8.31. The van der Waals surface area contributed by atoms with Gasteiger partial charge in [-0.25, -0.2) is 9.97 Å². The van der Waals surface area contributed by atoms with Gasteiger partial charge in [0.25, 0.3) is 17.3 Å². The number of nitro groups is 2. The van der Waals surface area contributed by atoms with Crippen LogP contribution in [0.25, 0.3) is 0 Å². The van der Waals surface area contributed by atoms with Crippen LogP contribution in [0.15, 0.2) is 48.8 Å². The molecule has 1 amide bonds. The molecule has 0 aliphatic heterocycles. The molecule has 1 aromatic heterocycles. The molecule has 30 heavy (non-hydrogen) atoms. The fourth-order valence-electron chi connectivity index (χ4n) is 2.72. The van der Waals surface area contributed by atoms with Gasteiger partial charge in [-0.1, -0.05) is 0 Å². The van der Waals surface area contributed by atoms with Crippen LogP contribution in [0.3, 0.4) is 0 Å². The number of anilines is 3. The summed E-state index contributed by atoms with van der Waals surface area (Å²) in [7, 11) is 0. The molecular formula is C19H16N6O5. The molecule has 0 radical (unpaired) electrons. The van der Waals surface area contributed by atoms with Crippen molar-refractivity contribution in [1.82, 2.24) is 9.97 Å². The summed E-state index contributed by atoms with van der Waals surface area (Å²) in [6.07, 6.45) is 1.44. The second-order valence-electron chi connectivity index (χ2n) is 6.35. The molecule has 11 nitrogen and oxygen atoms in total. The van der Waals surface area contributed by atoms with Gasteiger partial charge in [0.05, 0.1) is 21.5 Å². The van der Waals surface area contributed by atoms with Crippen molar-refractivity contribution in [3.8, 4) is 0 Å². The van der Waals surface area contributed by atoms with Gasteiger partial charge < -0.3 is 10.6 Å².